The Labute approximate surface area is 122 Å². The molecule has 1 heterocycles. The van der Waals surface area contributed by atoms with Crippen molar-refractivity contribution in [3.05, 3.63) is 40.4 Å². The second-order valence-corrected chi connectivity index (χ2v) is 6.03. The Kier molecular flexibility index (Phi) is 4.39. The molecular formula is C15H18N2O2S. The van der Waals surface area contributed by atoms with Gasteiger partial charge in [-0.3, -0.25) is 10.1 Å². The third-order valence-corrected chi connectivity index (χ3v) is 3.68. The monoisotopic (exact) mass is 290 g/mol. The molecule has 4 nitrogen and oxygen atoms in total. The van der Waals surface area contributed by atoms with Crippen molar-refractivity contribution in [3.63, 3.8) is 0 Å². The van der Waals surface area contributed by atoms with E-state index in [1.807, 2.05) is 39.0 Å². The van der Waals surface area contributed by atoms with Crippen molar-refractivity contribution in [2.24, 2.45) is 0 Å². The van der Waals surface area contributed by atoms with Gasteiger partial charge in [0.05, 0.1) is 0 Å². The number of benzene rings is 1. The molecule has 2 aromatic rings. The molecule has 20 heavy (non-hydrogen) atoms. The predicted molar refractivity (Wildman–Crippen MR) is 81.5 cm³/mol. The number of carbonyl (C=O) groups is 1. The van der Waals surface area contributed by atoms with E-state index in [2.05, 4.69) is 10.3 Å². The lowest BCUT2D eigenvalue weighted by molar-refractivity contribution is -0.122. The fourth-order valence-corrected chi connectivity index (χ4v) is 2.46. The van der Waals surface area contributed by atoms with Gasteiger partial charge in [0, 0.05) is 11.1 Å². The van der Waals surface area contributed by atoms with E-state index in [-0.39, 0.29) is 5.91 Å². The topological polar surface area (TPSA) is 51.2 Å². The van der Waals surface area contributed by atoms with Gasteiger partial charge >= 0.3 is 0 Å². The lowest BCUT2D eigenvalue weighted by atomic mass is 10.1. The quantitative estimate of drug-likeness (QED) is 0.938. The van der Waals surface area contributed by atoms with Gasteiger partial charge in [-0.1, -0.05) is 17.7 Å². The van der Waals surface area contributed by atoms with Crippen LogP contribution in [0.2, 0.25) is 0 Å². The molecule has 0 radical (unpaired) electrons. The van der Waals surface area contributed by atoms with Crippen molar-refractivity contribution < 1.29 is 9.53 Å². The van der Waals surface area contributed by atoms with Crippen LogP contribution in [0, 0.1) is 20.8 Å². The van der Waals surface area contributed by atoms with E-state index in [0.29, 0.717) is 5.13 Å². The van der Waals surface area contributed by atoms with Gasteiger partial charge in [-0.2, -0.15) is 0 Å². The van der Waals surface area contributed by atoms with Gasteiger partial charge < -0.3 is 4.74 Å². The number of amides is 1. The van der Waals surface area contributed by atoms with Gasteiger partial charge in [0.2, 0.25) is 0 Å². The number of nitrogens with zero attached hydrogens (tertiary/aromatic N) is 1. The zero-order chi connectivity index (χ0) is 14.7. The van der Waals surface area contributed by atoms with Crippen LogP contribution in [0.5, 0.6) is 5.75 Å². The molecule has 1 aromatic heterocycles. The summed E-state index contributed by atoms with van der Waals surface area (Å²) in [5.41, 5.74) is 2.19. The van der Waals surface area contributed by atoms with Crippen LogP contribution in [0.25, 0.3) is 0 Å². The minimum Gasteiger partial charge on any atom is -0.481 e. The van der Waals surface area contributed by atoms with E-state index in [9.17, 15) is 4.79 Å². The van der Waals surface area contributed by atoms with Gasteiger partial charge in [0.1, 0.15) is 5.75 Å². The first-order chi connectivity index (χ1) is 9.45. The number of anilines is 1. The first kappa shape index (κ1) is 14.5. The average molecular weight is 290 g/mol. The Bertz CT molecular complexity index is 622. The molecule has 2 rings (SSSR count). The molecule has 1 aromatic carbocycles. The Morgan fingerprint density at radius 2 is 2.10 bits per heavy atom. The number of ether oxygens (including phenoxy) is 1. The molecule has 0 saturated carbocycles. The van der Waals surface area contributed by atoms with Crippen LogP contribution in [0.3, 0.4) is 0 Å². The third kappa shape index (κ3) is 3.57. The highest BCUT2D eigenvalue weighted by molar-refractivity contribution is 7.15. The molecule has 0 spiro atoms. The Balaban J connectivity index is 2.00. The number of nitrogens with one attached hydrogen (secondary N) is 1. The Morgan fingerprint density at radius 1 is 1.35 bits per heavy atom. The van der Waals surface area contributed by atoms with Crippen LogP contribution in [0.1, 0.15) is 22.9 Å². The molecule has 0 aliphatic rings. The third-order valence-electron chi connectivity index (χ3n) is 2.85. The van der Waals surface area contributed by atoms with Crippen molar-refractivity contribution >= 4 is 22.4 Å². The number of hydrogen-bond acceptors (Lipinski definition) is 4. The van der Waals surface area contributed by atoms with Crippen molar-refractivity contribution in [1.82, 2.24) is 4.98 Å². The first-order valence-electron chi connectivity index (χ1n) is 6.43. The standard InChI is InChI=1S/C15H18N2O2S/c1-9-5-6-13(10(2)7-9)19-12(4)14(18)17-15-16-8-11(3)20-15/h5-8,12H,1-4H3,(H,16,17,18)/t12-/m1/s1. The van der Waals surface area contributed by atoms with Crippen molar-refractivity contribution in [1.29, 1.82) is 0 Å². The Hall–Kier alpha value is -1.88. The molecule has 0 saturated heterocycles. The van der Waals surface area contributed by atoms with Crippen molar-refractivity contribution in [3.8, 4) is 5.75 Å². The molecule has 106 valence electrons. The second-order valence-electron chi connectivity index (χ2n) is 4.79. The summed E-state index contributed by atoms with van der Waals surface area (Å²) in [6, 6.07) is 5.89. The summed E-state index contributed by atoms with van der Waals surface area (Å²) in [6.45, 7) is 7.67. The van der Waals surface area contributed by atoms with E-state index >= 15 is 0 Å². The smallest absolute Gasteiger partial charge is 0.266 e. The SMILES string of the molecule is Cc1ccc(O[C@H](C)C(=O)Nc2ncc(C)s2)c(C)c1. The van der Waals surface area contributed by atoms with Gasteiger partial charge in [0.25, 0.3) is 5.91 Å². The maximum absolute atomic E-state index is 12.0. The van der Waals surface area contributed by atoms with Crippen LogP contribution in [-0.2, 0) is 4.79 Å². The lowest BCUT2D eigenvalue weighted by Crippen LogP contribution is -2.30. The second kappa shape index (κ2) is 6.05. The molecular weight excluding hydrogens is 272 g/mol. The summed E-state index contributed by atoms with van der Waals surface area (Å²) in [5.74, 6) is 0.535. The number of carbonyl (C=O) groups excluding carboxylic acids is 1. The van der Waals surface area contributed by atoms with E-state index < -0.39 is 6.10 Å². The summed E-state index contributed by atoms with van der Waals surface area (Å²) >= 11 is 1.45. The molecule has 0 bridgehead atoms. The molecule has 0 aliphatic heterocycles. The van der Waals surface area contributed by atoms with Crippen LogP contribution in [0.15, 0.2) is 24.4 Å². The highest BCUT2D eigenvalue weighted by Crippen LogP contribution is 2.21. The number of hydrogen-bond donors (Lipinski definition) is 1. The van der Waals surface area contributed by atoms with E-state index in [0.717, 1.165) is 16.2 Å². The summed E-state index contributed by atoms with van der Waals surface area (Å²) < 4.78 is 5.71. The maximum atomic E-state index is 12.0. The summed E-state index contributed by atoms with van der Waals surface area (Å²) in [7, 11) is 0. The van der Waals surface area contributed by atoms with Gasteiger partial charge in [0.15, 0.2) is 11.2 Å². The van der Waals surface area contributed by atoms with Crippen molar-refractivity contribution in [2.75, 3.05) is 5.32 Å². The van der Waals surface area contributed by atoms with E-state index in [4.69, 9.17) is 4.74 Å². The molecule has 0 fully saturated rings. The molecule has 1 atom stereocenters. The largest absolute Gasteiger partial charge is 0.481 e. The van der Waals surface area contributed by atoms with Crippen LogP contribution < -0.4 is 10.1 Å². The molecule has 1 amide bonds. The van der Waals surface area contributed by atoms with Crippen LogP contribution >= 0.6 is 11.3 Å². The van der Waals surface area contributed by atoms with Crippen LogP contribution in [-0.4, -0.2) is 17.0 Å². The number of aromatic nitrogens is 1. The predicted octanol–water partition coefficient (Wildman–Crippen LogP) is 3.47. The first-order valence-corrected chi connectivity index (χ1v) is 7.24. The minimum atomic E-state index is -0.569. The molecule has 5 heteroatoms. The van der Waals surface area contributed by atoms with Crippen LogP contribution in [0.4, 0.5) is 5.13 Å². The van der Waals surface area contributed by atoms with Gasteiger partial charge in [-0.05, 0) is 39.3 Å². The van der Waals surface area contributed by atoms with Gasteiger partial charge in [-0.25, -0.2) is 4.98 Å². The molecule has 0 aliphatic carbocycles. The fourth-order valence-electron chi connectivity index (χ4n) is 1.80. The maximum Gasteiger partial charge on any atom is 0.266 e. The Morgan fingerprint density at radius 3 is 2.70 bits per heavy atom. The average Bonchev–Trinajstić information content (AvgIpc) is 2.78. The highest BCUT2D eigenvalue weighted by atomic mass is 32.1. The van der Waals surface area contributed by atoms with E-state index in [1.54, 1.807) is 13.1 Å². The zero-order valence-electron chi connectivity index (χ0n) is 12.1. The summed E-state index contributed by atoms with van der Waals surface area (Å²) in [4.78, 5) is 17.2. The number of rotatable bonds is 4. The fraction of sp³-hybridized carbons (Fsp3) is 0.333. The van der Waals surface area contributed by atoms with Gasteiger partial charge in [-0.15, -0.1) is 11.3 Å². The lowest BCUT2D eigenvalue weighted by Gasteiger charge is -2.15. The normalized spacial score (nSPS) is 12.0. The highest BCUT2D eigenvalue weighted by Gasteiger charge is 2.17. The minimum absolute atomic E-state index is 0.195. The number of thiazole rings is 1. The summed E-state index contributed by atoms with van der Waals surface area (Å²) in [6.07, 6.45) is 1.16. The summed E-state index contributed by atoms with van der Waals surface area (Å²) in [5, 5.41) is 3.36. The molecule has 0 unspecified atom stereocenters. The zero-order valence-corrected chi connectivity index (χ0v) is 12.9. The van der Waals surface area contributed by atoms with Crippen molar-refractivity contribution in [2.45, 2.75) is 33.8 Å². The number of aryl methyl sites for hydroxylation is 3. The van der Waals surface area contributed by atoms with E-state index in [1.165, 1.54) is 16.9 Å². The molecule has 1 N–H and O–H groups in total.